The molecule has 1 amide bonds. The third-order valence-electron chi connectivity index (χ3n) is 4.69. The van der Waals surface area contributed by atoms with E-state index in [4.69, 9.17) is 11.6 Å². The molecule has 3 rings (SSSR count). The van der Waals surface area contributed by atoms with Crippen LogP contribution in [-0.4, -0.2) is 20.4 Å². The molecule has 5 nitrogen and oxygen atoms in total. The Labute approximate surface area is 188 Å². The van der Waals surface area contributed by atoms with Gasteiger partial charge < -0.3 is 5.32 Å². The monoisotopic (exact) mass is 456 g/mol. The van der Waals surface area contributed by atoms with Gasteiger partial charge in [0.1, 0.15) is 0 Å². The minimum absolute atomic E-state index is 0.0549. The van der Waals surface area contributed by atoms with Crippen LogP contribution in [0.25, 0.3) is 0 Å². The van der Waals surface area contributed by atoms with Crippen molar-refractivity contribution in [3.05, 3.63) is 94.5 Å². The number of para-hydroxylation sites is 1. The first-order valence-corrected chi connectivity index (χ1v) is 11.7. The Bertz CT molecular complexity index is 1160. The van der Waals surface area contributed by atoms with E-state index in [0.717, 1.165) is 11.1 Å². The lowest BCUT2D eigenvalue weighted by molar-refractivity contribution is 0.0944. The van der Waals surface area contributed by atoms with E-state index in [1.807, 2.05) is 20.8 Å². The number of nitrogens with zero attached hydrogens (tertiary/aromatic N) is 1. The van der Waals surface area contributed by atoms with Crippen molar-refractivity contribution in [1.82, 2.24) is 5.32 Å². The van der Waals surface area contributed by atoms with Gasteiger partial charge in [0.15, 0.2) is 0 Å². The minimum atomic E-state index is -3.94. The number of benzene rings is 3. The van der Waals surface area contributed by atoms with Crippen molar-refractivity contribution in [2.75, 3.05) is 4.31 Å². The van der Waals surface area contributed by atoms with Crippen LogP contribution in [0.2, 0.25) is 5.02 Å². The second-order valence-electron chi connectivity index (χ2n) is 7.60. The first-order valence-electron chi connectivity index (χ1n) is 9.92. The summed E-state index contributed by atoms with van der Waals surface area (Å²) in [5.74, 6) is -0.328. The third-order valence-corrected chi connectivity index (χ3v) is 6.71. The van der Waals surface area contributed by atoms with Gasteiger partial charge in [0.05, 0.1) is 22.7 Å². The molecule has 0 aliphatic rings. The van der Waals surface area contributed by atoms with Crippen LogP contribution in [0.5, 0.6) is 0 Å². The smallest absolute Gasteiger partial charge is 0.264 e. The SMILES string of the molecule is Cc1ccc(S(=O)(=O)N(Cc2ccc(Cl)cc2)c2ccccc2C(=O)NC(C)C)cc1. The molecule has 3 aromatic carbocycles. The Morgan fingerprint density at radius 1 is 0.968 bits per heavy atom. The van der Waals surface area contributed by atoms with Crippen molar-refractivity contribution < 1.29 is 13.2 Å². The molecule has 31 heavy (non-hydrogen) atoms. The van der Waals surface area contributed by atoms with E-state index in [-0.39, 0.29) is 23.4 Å². The average Bonchev–Trinajstić information content (AvgIpc) is 2.73. The maximum atomic E-state index is 13.7. The largest absolute Gasteiger partial charge is 0.350 e. The maximum Gasteiger partial charge on any atom is 0.264 e. The molecule has 3 aromatic rings. The van der Waals surface area contributed by atoms with Gasteiger partial charge in [-0.1, -0.05) is 53.6 Å². The zero-order chi connectivity index (χ0) is 22.6. The lowest BCUT2D eigenvalue weighted by Gasteiger charge is -2.27. The van der Waals surface area contributed by atoms with E-state index in [0.29, 0.717) is 16.3 Å². The van der Waals surface area contributed by atoms with Gasteiger partial charge in [-0.25, -0.2) is 8.42 Å². The normalized spacial score (nSPS) is 11.4. The summed E-state index contributed by atoms with van der Waals surface area (Å²) >= 11 is 6.00. The van der Waals surface area contributed by atoms with Crippen molar-refractivity contribution in [2.45, 2.75) is 38.3 Å². The number of aryl methyl sites for hydroxylation is 1. The van der Waals surface area contributed by atoms with Crippen LogP contribution in [0.4, 0.5) is 5.69 Å². The van der Waals surface area contributed by atoms with Crippen LogP contribution in [0.15, 0.2) is 77.7 Å². The molecule has 0 aromatic heterocycles. The highest BCUT2D eigenvalue weighted by Crippen LogP contribution is 2.29. The lowest BCUT2D eigenvalue weighted by atomic mass is 10.1. The number of nitrogens with one attached hydrogen (secondary N) is 1. The fourth-order valence-electron chi connectivity index (χ4n) is 3.12. The Morgan fingerprint density at radius 2 is 1.58 bits per heavy atom. The molecule has 0 saturated carbocycles. The van der Waals surface area contributed by atoms with E-state index >= 15 is 0 Å². The molecule has 0 aliphatic heterocycles. The molecular formula is C24H25ClN2O3S. The molecule has 0 unspecified atom stereocenters. The molecule has 0 saturated heterocycles. The number of halogens is 1. The van der Waals surface area contributed by atoms with Crippen LogP contribution in [0.3, 0.4) is 0 Å². The number of sulfonamides is 1. The van der Waals surface area contributed by atoms with Gasteiger partial charge in [-0.15, -0.1) is 0 Å². The van der Waals surface area contributed by atoms with Crippen molar-refractivity contribution in [3.63, 3.8) is 0 Å². The van der Waals surface area contributed by atoms with E-state index < -0.39 is 10.0 Å². The highest BCUT2D eigenvalue weighted by molar-refractivity contribution is 7.92. The Balaban J connectivity index is 2.14. The first kappa shape index (κ1) is 22.8. The fraction of sp³-hybridized carbons (Fsp3) is 0.208. The zero-order valence-electron chi connectivity index (χ0n) is 17.7. The number of amides is 1. The summed E-state index contributed by atoms with van der Waals surface area (Å²) in [5.41, 5.74) is 2.32. The van der Waals surface area contributed by atoms with Gasteiger partial charge in [-0.3, -0.25) is 9.10 Å². The van der Waals surface area contributed by atoms with Crippen molar-refractivity contribution in [1.29, 1.82) is 0 Å². The summed E-state index contributed by atoms with van der Waals surface area (Å²) in [4.78, 5) is 13.0. The van der Waals surface area contributed by atoms with Crippen molar-refractivity contribution in [2.24, 2.45) is 0 Å². The first-order chi connectivity index (χ1) is 14.7. The van der Waals surface area contributed by atoms with Crippen molar-refractivity contribution >= 4 is 33.2 Å². The fourth-order valence-corrected chi connectivity index (χ4v) is 4.71. The minimum Gasteiger partial charge on any atom is -0.350 e. The standard InChI is InChI=1S/C24H25ClN2O3S/c1-17(2)26-24(28)22-6-4-5-7-23(22)27(16-19-10-12-20(25)13-11-19)31(29,30)21-14-8-18(3)9-15-21/h4-15,17H,16H2,1-3H3,(H,26,28). The van der Waals surface area contributed by atoms with Crippen LogP contribution in [0.1, 0.15) is 35.3 Å². The van der Waals surface area contributed by atoms with Gasteiger partial charge in [-0.05, 0) is 62.7 Å². The number of rotatable bonds is 7. The Kier molecular flexibility index (Phi) is 7.03. The van der Waals surface area contributed by atoms with E-state index in [9.17, 15) is 13.2 Å². The zero-order valence-corrected chi connectivity index (χ0v) is 19.2. The van der Waals surface area contributed by atoms with Crippen molar-refractivity contribution in [3.8, 4) is 0 Å². The lowest BCUT2D eigenvalue weighted by Crippen LogP contribution is -2.35. The summed E-state index contributed by atoms with van der Waals surface area (Å²) in [5, 5.41) is 3.41. The molecule has 1 N–H and O–H groups in total. The van der Waals surface area contributed by atoms with Crippen LogP contribution in [0, 0.1) is 6.92 Å². The van der Waals surface area contributed by atoms with Crippen LogP contribution < -0.4 is 9.62 Å². The quantitative estimate of drug-likeness (QED) is 0.532. The van der Waals surface area contributed by atoms with E-state index in [1.165, 1.54) is 4.31 Å². The van der Waals surface area contributed by atoms with E-state index in [2.05, 4.69) is 5.32 Å². The van der Waals surface area contributed by atoms with Gasteiger partial charge in [0.25, 0.3) is 15.9 Å². The average molecular weight is 457 g/mol. The van der Waals surface area contributed by atoms with Gasteiger partial charge in [0, 0.05) is 11.1 Å². The molecule has 0 radical (unpaired) electrons. The molecular weight excluding hydrogens is 432 g/mol. The van der Waals surface area contributed by atoms with Gasteiger partial charge in [-0.2, -0.15) is 0 Å². The topological polar surface area (TPSA) is 66.5 Å². The Hall–Kier alpha value is -2.83. The molecule has 7 heteroatoms. The molecule has 0 aliphatic carbocycles. The summed E-state index contributed by atoms with van der Waals surface area (Å²) in [7, 11) is -3.94. The second kappa shape index (κ2) is 9.54. The number of anilines is 1. The number of carbonyl (C=O) groups excluding carboxylic acids is 1. The van der Waals surface area contributed by atoms with Gasteiger partial charge >= 0.3 is 0 Å². The molecule has 0 atom stereocenters. The predicted octanol–water partition coefficient (Wildman–Crippen LogP) is 5.18. The highest BCUT2D eigenvalue weighted by Gasteiger charge is 2.28. The summed E-state index contributed by atoms with van der Waals surface area (Å²) < 4.78 is 28.6. The molecule has 0 fully saturated rings. The second-order valence-corrected chi connectivity index (χ2v) is 9.90. The maximum absolute atomic E-state index is 13.7. The Morgan fingerprint density at radius 3 is 2.19 bits per heavy atom. The number of hydrogen-bond acceptors (Lipinski definition) is 3. The van der Waals surface area contributed by atoms with Crippen LogP contribution >= 0.6 is 11.6 Å². The van der Waals surface area contributed by atoms with E-state index in [1.54, 1.807) is 72.8 Å². The summed E-state index contributed by atoms with van der Waals surface area (Å²) in [6.45, 7) is 5.66. The number of carbonyl (C=O) groups is 1. The highest BCUT2D eigenvalue weighted by atomic mass is 35.5. The summed E-state index contributed by atoms with van der Waals surface area (Å²) in [6.07, 6.45) is 0. The summed E-state index contributed by atoms with van der Waals surface area (Å²) in [6, 6.07) is 20.3. The molecule has 0 spiro atoms. The molecule has 0 bridgehead atoms. The molecule has 162 valence electrons. The predicted molar refractivity (Wildman–Crippen MR) is 125 cm³/mol. The molecule has 0 heterocycles. The number of hydrogen-bond donors (Lipinski definition) is 1. The third kappa shape index (κ3) is 5.46. The van der Waals surface area contributed by atoms with Crippen LogP contribution in [-0.2, 0) is 16.6 Å². The van der Waals surface area contributed by atoms with Gasteiger partial charge in [0.2, 0.25) is 0 Å².